The summed E-state index contributed by atoms with van der Waals surface area (Å²) in [6.07, 6.45) is 87.1. The van der Waals surface area contributed by atoms with E-state index in [9.17, 15) is 14.4 Å². The van der Waals surface area contributed by atoms with Gasteiger partial charge in [0.25, 0.3) is 0 Å². The Morgan fingerprint density at radius 1 is 0.273 bits per heavy atom. The highest BCUT2D eigenvalue weighted by atomic mass is 16.6. The molecule has 442 valence electrons. The monoisotopic (exact) mass is 1070 g/mol. The quantitative estimate of drug-likeness (QED) is 0.0261. The van der Waals surface area contributed by atoms with E-state index < -0.39 is 6.10 Å². The van der Waals surface area contributed by atoms with E-state index in [2.05, 4.69) is 118 Å². The van der Waals surface area contributed by atoms with Crippen LogP contribution in [0.5, 0.6) is 0 Å². The molecule has 0 spiro atoms. The number of carbonyl (C=O) groups is 3. The molecule has 1 unspecified atom stereocenters. The van der Waals surface area contributed by atoms with Crippen LogP contribution in [-0.2, 0) is 28.6 Å². The van der Waals surface area contributed by atoms with E-state index >= 15 is 0 Å². The van der Waals surface area contributed by atoms with E-state index in [0.29, 0.717) is 19.3 Å². The van der Waals surface area contributed by atoms with Gasteiger partial charge >= 0.3 is 17.9 Å². The van der Waals surface area contributed by atoms with Crippen molar-refractivity contribution in [2.75, 3.05) is 13.2 Å². The highest BCUT2D eigenvalue weighted by Crippen LogP contribution is 2.17. The molecule has 6 heteroatoms. The van der Waals surface area contributed by atoms with Gasteiger partial charge in [-0.15, -0.1) is 0 Å². The molecule has 77 heavy (non-hydrogen) atoms. The van der Waals surface area contributed by atoms with Gasteiger partial charge < -0.3 is 14.2 Å². The summed E-state index contributed by atoms with van der Waals surface area (Å²) in [4.78, 5) is 38.3. The normalized spacial score (nSPS) is 12.7. The minimum atomic E-state index is -0.782. The maximum Gasteiger partial charge on any atom is 0.306 e. The van der Waals surface area contributed by atoms with Crippen molar-refractivity contribution < 1.29 is 28.6 Å². The zero-order valence-corrected chi connectivity index (χ0v) is 50.7. The van der Waals surface area contributed by atoms with Crippen molar-refractivity contribution in [1.29, 1.82) is 0 Å². The van der Waals surface area contributed by atoms with Gasteiger partial charge in [-0.25, -0.2) is 0 Å². The molecule has 0 aromatic heterocycles. The van der Waals surface area contributed by atoms with Crippen LogP contribution in [0.3, 0.4) is 0 Å². The van der Waals surface area contributed by atoms with Crippen molar-refractivity contribution in [2.24, 2.45) is 0 Å². The van der Waals surface area contributed by atoms with Gasteiger partial charge in [0, 0.05) is 19.3 Å². The summed E-state index contributed by atoms with van der Waals surface area (Å²) in [5.41, 5.74) is 0. The van der Waals surface area contributed by atoms with Gasteiger partial charge in [0.15, 0.2) is 6.10 Å². The molecule has 1 atom stereocenters. The van der Waals surface area contributed by atoms with Crippen molar-refractivity contribution >= 4 is 17.9 Å². The zero-order valence-electron chi connectivity index (χ0n) is 50.7. The molecular weight excluding hydrogens is 949 g/mol. The number of carbonyl (C=O) groups excluding carboxylic acids is 3. The molecule has 0 heterocycles. The van der Waals surface area contributed by atoms with Crippen molar-refractivity contribution in [1.82, 2.24) is 0 Å². The molecular formula is C71H122O6. The van der Waals surface area contributed by atoms with E-state index in [1.807, 2.05) is 0 Å². The van der Waals surface area contributed by atoms with E-state index in [4.69, 9.17) is 14.2 Å². The van der Waals surface area contributed by atoms with Crippen LogP contribution in [-0.4, -0.2) is 37.2 Å². The first-order valence-electron chi connectivity index (χ1n) is 32.7. The van der Waals surface area contributed by atoms with Gasteiger partial charge in [-0.2, -0.15) is 0 Å². The van der Waals surface area contributed by atoms with E-state index in [1.54, 1.807) is 0 Å². The maximum absolute atomic E-state index is 12.9. The van der Waals surface area contributed by atoms with Gasteiger partial charge in [0.1, 0.15) is 13.2 Å². The van der Waals surface area contributed by atoms with Crippen LogP contribution in [0.2, 0.25) is 0 Å². The van der Waals surface area contributed by atoms with Crippen molar-refractivity contribution in [3.8, 4) is 0 Å². The van der Waals surface area contributed by atoms with Gasteiger partial charge in [-0.05, 0) is 96.3 Å². The average molecular weight is 1070 g/mol. The topological polar surface area (TPSA) is 78.9 Å². The van der Waals surface area contributed by atoms with Crippen LogP contribution < -0.4 is 0 Å². The zero-order chi connectivity index (χ0) is 55.7. The summed E-state index contributed by atoms with van der Waals surface area (Å²) in [6.45, 7) is 6.48. The lowest BCUT2D eigenvalue weighted by atomic mass is 10.0. The summed E-state index contributed by atoms with van der Waals surface area (Å²) < 4.78 is 16.9. The number of ether oxygens (including phenoxy) is 3. The number of hydrogen-bond donors (Lipinski definition) is 0. The third kappa shape index (κ3) is 63.0. The fraction of sp³-hybridized carbons (Fsp3) is 0.732. The van der Waals surface area contributed by atoms with Crippen molar-refractivity contribution in [3.05, 3.63) is 97.2 Å². The maximum atomic E-state index is 12.9. The molecule has 0 fully saturated rings. The van der Waals surface area contributed by atoms with Gasteiger partial charge in [-0.3, -0.25) is 14.4 Å². The van der Waals surface area contributed by atoms with Crippen LogP contribution in [0.1, 0.15) is 316 Å². The van der Waals surface area contributed by atoms with Crippen LogP contribution in [0, 0.1) is 0 Å². The first-order valence-corrected chi connectivity index (χ1v) is 32.7. The predicted molar refractivity (Wildman–Crippen MR) is 334 cm³/mol. The van der Waals surface area contributed by atoms with Gasteiger partial charge in [0.2, 0.25) is 0 Å². The number of unbranched alkanes of at least 4 members (excludes halogenated alkanes) is 32. The molecule has 0 aliphatic carbocycles. The third-order valence-corrected chi connectivity index (χ3v) is 14.1. The smallest absolute Gasteiger partial charge is 0.306 e. The molecule has 6 nitrogen and oxygen atoms in total. The first kappa shape index (κ1) is 73.3. The highest BCUT2D eigenvalue weighted by molar-refractivity contribution is 5.71. The average Bonchev–Trinajstić information content (AvgIpc) is 3.43. The lowest BCUT2D eigenvalue weighted by Crippen LogP contribution is -2.30. The molecule has 0 aliphatic rings. The lowest BCUT2D eigenvalue weighted by molar-refractivity contribution is -0.167. The van der Waals surface area contributed by atoms with E-state index in [-0.39, 0.29) is 31.1 Å². The van der Waals surface area contributed by atoms with Crippen LogP contribution in [0.4, 0.5) is 0 Å². The summed E-state index contributed by atoms with van der Waals surface area (Å²) >= 11 is 0. The molecule has 0 amide bonds. The first-order chi connectivity index (χ1) is 38.0. The fourth-order valence-electron chi connectivity index (χ4n) is 9.19. The second-order valence-electron chi connectivity index (χ2n) is 21.6. The molecule has 0 bridgehead atoms. The Balaban J connectivity index is 4.22. The predicted octanol–water partition coefficient (Wildman–Crippen LogP) is 22.4. The molecule has 0 saturated heterocycles. The van der Waals surface area contributed by atoms with Crippen LogP contribution in [0.15, 0.2) is 97.2 Å². The summed E-state index contributed by atoms with van der Waals surface area (Å²) in [6, 6.07) is 0. The van der Waals surface area contributed by atoms with Gasteiger partial charge in [0.05, 0.1) is 0 Å². The summed E-state index contributed by atoms with van der Waals surface area (Å²) in [5.74, 6) is -0.883. The number of allylic oxidation sites excluding steroid dienone is 16. The molecule has 0 aliphatic heterocycles. The largest absolute Gasteiger partial charge is 0.462 e. The molecule has 0 aromatic carbocycles. The Kier molecular flexibility index (Phi) is 61.8. The third-order valence-electron chi connectivity index (χ3n) is 14.1. The van der Waals surface area contributed by atoms with E-state index in [1.165, 1.54) is 154 Å². The van der Waals surface area contributed by atoms with E-state index in [0.717, 1.165) is 122 Å². The van der Waals surface area contributed by atoms with Crippen molar-refractivity contribution in [3.63, 3.8) is 0 Å². The Morgan fingerprint density at radius 2 is 0.532 bits per heavy atom. The molecule has 0 radical (unpaired) electrons. The molecule has 0 N–H and O–H groups in total. The molecule has 0 rings (SSSR count). The van der Waals surface area contributed by atoms with Crippen LogP contribution in [0.25, 0.3) is 0 Å². The Hall–Kier alpha value is -3.67. The van der Waals surface area contributed by atoms with Gasteiger partial charge in [-0.1, -0.05) is 298 Å². The minimum Gasteiger partial charge on any atom is -0.462 e. The lowest BCUT2D eigenvalue weighted by Gasteiger charge is -2.18. The highest BCUT2D eigenvalue weighted by Gasteiger charge is 2.19. The summed E-state index contributed by atoms with van der Waals surface area (Å²) in [7, 11) is 0. The number of rotatable bonds is 59. The Labute approximate surface area is 477 Å². The second-order valence-corrected chi connectivity index (χ2v) is 21.6. The second kappa shape index (κ2) is 64.9. The Bertz CT molecular complexity index is 1510. The number of esters is 3. The molecule has 0 aromatic rings. The molecule has 0 saturated carbocycles. The Morgan fingerprint density at radius 3 is 0.844 bits per heavy atom. The van der Waals surface area contributed by atoms with Crippen molar-refractivity contribution in [2.45, 2.75) is 322 Å². The van der Waals surface area contributed by atoms with Crippen LogP contribution >= 0.6 is 0 Å². The minimum absolute atomic E-state index is 0.0797. The SMILES string of the molecule is CC/C=C\C/C=C\C/C=C\C/C=C\C/C=C\C/C=C\CCCCCCCCCCCCCCC(=O)OCC(COC(=O)CCCCCCC/C=C\C/C=C\CCC)OC(=O)CCCCCCCCCCCCCCCCC. The summed E-state index contributed by atoms with van der Waals surface area (Å²) in [5, 5.41) is 0. The standard InChI is InChI=1S/C71H122O6/c1-4-7-10-13-16-19-22-25-27-28-29-30-31-32-33-34-35-36-37-38-39-40-41-42-44-46-49-52-55-58-61-64-70(73)76-67-68(66-75-69(72)63-60-57-54-51-48-45-24-21-18-15-12-9-6-3)77-71(74)65-62-59-56-53-50-47-43-26-23-20-17-14-11-8-5-2/h7,10,12,15-16,19,21,24-25,27,29-30,32-33,35-36,68H,4-6,8-9,11,13-14,17-18,20,22-23,26,28,31,34,37-67H2,1-3H3/b10-7-,15-12-,19-16-,24-21-,27-25-,30-29-,33-32-,36-35-. The fourth-order valence-corrected chi connectivity index (χ4v) is 9.19. The number of hydrogen-bond acceptors (Lipinski definition) is 6.